The lowest BCUT2D eigenvalue weighted by Gasteiger charge is -2.37. The number of para-hydroxylation sites is 4. The number of fused-ring (bicyclic) bond motifs is 17. The summed E-state index contributed by atoms with van der Waals surface area (Å²) in [7, 11) is 0. The Hall–Kier alpha value is -8.95. The molecule has 0 aliphatic rings. The first kappa shape index (κ1) is 46.2. The smallest absolute Gasteiger partial charge is 0.330 e. The standard InChI is InChI=1S/C71H46F3N3S2/c1-41-20-4-5-21-42(41)52-40-53(43-22-6-13-29-54(43)71(72,73)74)69(76-56-31-15-8-26-47(56)49-37-39-62-64(67(49)76)51-28-12-19-35-60(51)79-62)65(70(2,3)77-57-32-16-9-23-44(57)45-24-10-17-33-58(45)77)68(52)75-55-30-14-7-25-46(55)48-36-38-61-63(66(48)75)50-27-11-18-34-59(50)78-61/h4-40H,1-3H3. The van der Waals surface area contributed by atoms with Crippen LogP contribution in [0, 0.1) is 6.92 Å². The van der Waals surface area contributed by atoms with Crippen LogP contribution in [0.25, 0.3) is 139 Å². The molecule has 0 saturated heterocycles. The van der Waals surface area contributed by atoms with Crippen LogP contribution in [0.15, 0.2) is 224 Å². The van der Waals surface area contributed by atoms with Gasteiger partial charge in [-0.15, -0.1) is 22.7 Å². The summed E-state index contributed by atoms with van der Waals surface area (Å²) >= 11 is 3.53. The predicted octanol–water partition coefficient (Wildman–Crippen LogP) is 21.2. The topological polar surface area (TPSA) is 14.8 Å². The molecule has 378 valence electrons. The monoisotopic (exact) mass is 1060 g/mol. The van der Waals surface area contributed by atoms with Crippen LogP contribution in [-0.2, 0) is 11.7 Å². The second-order valence-electron chi connectivity index (χ2n) is 21.4. The maximum Gasteiger partial charge on any atom is 0.417 e. The highest BCUT2D eigenvalue weighted by Gasteiger charge is 2.41. The number of nitrogens with zero attached hydrogens (tertiary/aromatic N) is 3. The highest BCUT2D eigenvalue weighted by Crippen LogP contribution is 2.55. The first-order valence-electron chi connectivity index (χ1n) is 26.7. The fraction of sp³-hybridized carbons (Fsp3) is 0.0704. The van der Waals surface area contributed by atoms with Gasteiger partial charge in [-0.1, -0.05) is 164 Å². The van der Waals surface area contributed by atoms with E-state index in [2.05, 4.69) is 229 Å². The molecule has 0 amide bonds. The van der Waals surface area contributed by atoms with Crippen molar-refractivity contribution in [1.82, 2.24) is 13.7 Å². The second kappa shape index (κ2) is 16.8. The Morgan fingerprint density at radius 2 is 0.747 bits per heavy atom. The third-order valence-electron chi connectivity index (χ3n) is 16.8. The van der Waals surface area contributed by atoms with Crippen molar-refractivity contribution in [3.63, 3.8) is 0 Å². The minimum Gasteiger partial charge on any atom is -0.330 e. The van der Waals surface area contributed by atoms with Crippen molar-refractivity contribution in [2.45, 2.75) is 32.5 Å². The molecule has 0 spiro atoms. The molecule has 0 atom stereocenters. The van der Waals surface area contributed by atoms with Crippen molar-refractivity contribution in [1.29, 1.82) is 0 Å². The molecular weight excluding hydrogens is 1020 g/mol. The molecule has 0 bridgehead atoms. The molecule has 5 heterocycles. The van der Waals surface area contributed by atoms with Crippen LogP contribution in [0.4, 0.5) is 13.2 Å². The lowest BCUT2D eigenvalue weighted by Crippen LogP contribution is -2.31. The molecule has 0 aliphatic heterocycles. The summed E-state index contributed by atoms with van der Waals surface area (Å²) in [5, 5.41) is 10.9. The van der Waals surface area contributed by atoms with Gasteiger partial charge in [-0.25, -0.2) is 0 Å². The molecule has 0 saturated carbocycles. The molecule has 16 rings (SSSR count). The van der Waals surface area contributed by atoms with Crippen LogP contribution in [-0.4, -0.2) is 13.7 Å². The van der Waals surface area contributed by atoms with Gasteiger partial charge in [0.25, 0.3) is 0 Å². The van der Waals surface area contributed by atoms with Gasteiger partial charge in [0.15, 0.2) is 0 Å². The molecular formula is C71H46F3N3S2. The third-order valence-corrected chi connectivity index (χ3v) is 19.1. The summed E-state index contributed by atoms with van der Waals surface area (Å²) in [5.74, 6) is 0. The van der Waals surface area contributed by atoms with Crippen molar-refractivity contribution in [3.05, 3.63) is 241 Å². The molecule has 0 aliphatic carbocycles. The van der Waals surface area contributed by atoms with E-state index in [-0.39, 0.29) is 5.56 Å². The van der Waals surface area contributed by atoms with Gasteiger partial charge in [0, 0.05) is 100 Å². The van der Waals surface area contributed by atoms with Gasteiger partial charge in [-0.05, 0) is 98.1 Å². The Morgan fingerprint density at radius 3 is 1.24 bits per heavy atom. The zero-order valence-corrected chi connectivity index (χ0v) is 44.8. The minimum absolute atomic E-state index is 0.104. The number of aryl methyl sites for hydroxylation is 1. The average molecular weight is 1060 g/mol. The van der Waals surface area contributed by atoms with E-state index in [1.54, 1.807) is 34.8 Å². The van der Waals surface area contributed by atoms with E-state index in [0.717, 1.165) is 129 Å². The van der Waals surface area contributed by atoms with E-state index < -0.39 is 17.3 Å². The van der Waals surface area contributed by atoms with Crippen LogP contribution >= 0.6 is 22.7 Å². The molecule has 0 N–H and O–H groups in total. The zero-order chi connectivity index (χ0) is 53.1. The normalized spacial score (nSPS) is 12.7. The van der Waals surface area contributed by atoms with E-state index in [9.17, 15) is 0 Å². The number of thiophene rings is 2. The Bertz CT molecular complexity index is 5200. The molecule has 8 heteroatoms. The summed E-state index contributed by atoms with van der Waals surface area (Å²) < 4.78 is 60.9. The van der Waals surface area contributed by atoms with Gasteiger partial charge in [0.05, 0.1) is 44.5 Å². The lowest BCUT2D eigenvalue weighted by molar-refractivity contribution is -0.137. The van der Waals surface area contributed by atoms with Crippen molar-refractivity contribution >= 4 is 128 Å². The van der Waals surface area contributed by atoms with E-state index in [1.807, 2.05) is 6.07 Å². The average Bonchev–Trinajstić information content (AvgIpc) is 4.44. The van der Waals surface area contributed by atoms with E-state index in [1.165, 1.54) is 16.8 Å². The fourth-order valence-electron chi connectivity index (χ4n) is 13.6. The third kappa shape index (κ3) is 6.47. The molecule has 5 aromatic heterocycles. The van der Waals surface area contributed by atoms with Crippen LogP contribution < -0.4 is 0 Å². The number of benzene rings is 11. The van der Waals surface area contributed by atoms with Crippen LogP contribution in [0.5, 0.6) is 0 Å². The summed E-state index contributed by atoms with van der Waals surface area (Å²) in [4.78, 5) is 0. The van der Waals surface area contributed by atoms with Gasteiger partial charge >= 0.3 is 6.18 Å². The Balaban J connectivity index is 1.26. The summed E-state index contributed by atoms with van der Waals surface area (Å²) in [5.41, 5.74) is 9.95. The van der Waals surface area contributed by atoms with E-state index >= 15 is 13.2 Å². The maximum absolute atomic E-state index is 16.3. The maximum atomic E-state index is 16.3. The summed E-state index contributed by atoms with van der Waals surface area (Å²) in [6.45, 7) is 6.71. The van der Waals surface area contributed by atoms with Crippen molar-refractivity contribution in [2.75, 3.05) is 0 Å². The van der Waals surface area contributed by atoms with E-state index in [0.29, 0.717) is 11.3 Å². The molecule has 11 aromatic carbocycles. The first-order valence-corrected chi connectivity index (χ1v) is 28.3. The van der Waals surface area contributed by atoms with E-state index in [4.69, 9.17) is 0 Å². The van der Waals surface area contributed by atoms with Gasteiger partial charge in [-0.2, -0.15) is 13.2 Å². The van der Waals surface area contributed by atoms with Gasteiger partial charge < -0.3 is 13.7 Å². The molecule has 0 unspecified atom stereocenters. The highest BCUT2D eigenvalue weighted by molar-refractivity contribution is 7.26. The Morgan fingerprint density at radius 1 is 0.354 bits per heavy atom. The van der Waals surface area contributed by atoms with Crippen LogP contribution in [0.3, 0.4) is 0 Å². The minimum atomic E-state index is -4.70. The number of rotatable bonds is 6. The van der Waals surface area contributed by atoms with Crippen LogP contribution in [0.2, 0.25) is 0 Å². The lowest BCUT2D eigenvalue weighted by atomic mass is 9.81. The summed E-state index contributed by atoms with van der Waals surface area (Å²) in [6, 6.07) is 77.2. The number of hydrogen-bond acceptors (Lipinski definition) is 2. The number of aromatic nitrogens is 3. The van der Waals surface area contributed by atoms with Crippen molar-refractivity contribution < 1.29 is 13.2 Å². The van der Waals surface area contributed by atoms with Crippen molar-refractivity contribution in [3.8, 4) is 33.6 Å². The van der Waals surface area contributed by atoms with Gasteiger partial charge in [-0.3, -0.25) is 0 Å². The Kier molecular flexibility index (Phi) is 9.81. The number of hydrogen-bond donors (Lipinski definition) is 0. The number of halogens is 3. The van der Waals surface area contributed by atoms with Crippen molar-refractivity contribution in [2.24, 2.45) is 0 Å². The quantitative estimate of drug-likeness (QED) is 0.158. The zero-order valence-electron chi connectivity index (χ0n) is 43.2. The second-order valence-corrected chi connectivity index (χ2v) is 23.6. The molecule has 0 fully saturated rings. The first-order chi connectivity index (χ1) is 38.6. The number of alkyl halides is 3. The van der Waals surface area contributed by atoms with Gasteiger partial charge in [0.2, 0.25) is 0 Å². The summed E-state index contributed by atoms with van der Waals surface area (Å²) in [6.07, 6.45) is -4.70. The SMILES string of the molecule is Cc1ccccc1-c1cc(-c2ccccc2C(F)(F)F)c(-n2c3ccccc3c3ccc4sc5ccccc5c4c32)c(C(C)(C)n2c3ccccc3c3ccccc32)c1-n1c2ccccc2c2ccc3sc4ccccc4c3c21. The Labute approximate surface area is 459 Å². The predicted molar refractivity (Wildman–Crippen MR) is 329 cm³/mol. The van der Waals surface area contributed by atoms with Crippen LogP contribution in [0.1, 0.15) is 30.5 Å². The fourth-order valence-corrected chi connectivity index (χ4v) is 15.8. The molecule has 3 nitrogen and oxygen atoms in total. The molecule has 16 aromatic rings. The highest BCUT2D eigenvalue weighted by atomic mass is 32.1. The largest absolute Gasteiger partial charge is 0.417 e. The molecule has 0 radical (unpaired) electrons. The van der Waals surface area contributed by atoms with Gasteiger partial charge in [0.1, 0.15) is 0 Å². The molecule has 79 heavy (non-hydrogen) atoms.